The fourth-order valence-corrected chi connectivity index (χ4v) is 1.24. The van der Waals surface area contributed by atoms with Crippen LogP contribution in [0.5, 0.6) is 0 Å². The molecule has 2 aromatic heterocycles. The van der Waals surface area contributed by atoms with Crippen molar-refractivity contribution in [2.24, 2.45) is 0 Å². The van der Waals surface area contributed by atoms with E-state index >= 15 is 0 Å². The second kappa shape index (κ2) is 3.14. The molecule has 13 heavy (non-hydrogen) atoms. The summed E-state index contributed by atoms with van der Waals surface area (Å²) in [5, 5.41) is 8.68. The lowest BCUT2D eigenvalue weighted by molar-refractivity contribution is 0.298. The Bertz CT molecular complexity index is 424. The minimum Gasteiger partial charge on any atom is -0.396 e. The van der Waals surface area contributed by atoms with Gasteiger partial charge in [0.15, 0.2) is 0 Å². The highest BCUT2D eigenvalue weighted by atomic mass is 19.1. The lowest BCUT2D eigenvalue weighted by Crippen LogP contribution is -1.89. The average Bonchev–Trinajstić information content (AvgIpc) is 2.46. The summed E-state index contributed by atoms with van der Waals surface area (Å²) in [6, 6.07) is 2.73. The van der Waals surface area contributed by atoms with E-state index in [0.29, 0.717) is 12.1 Å². The molecule has 0 aliphatic heterocycles. The molecule has 0 aliphatic rings. The lowest BCUT2D eigenvalue weighted by atomic mass is 10.4. The monoisotopic (exact) mass is 180 g/mol. The maximum absolute atomic E-state index is 12.7. The van der Waals surface area contributed by atoms with Gasteiger partial charge in [-0.1, -0.05) is 0 Å². The van der Waals surface area contributed by atoms with Crippen molar-refractivity contribution in [3.05, 3.63) is 36.0 Å². The Morgan fingerprint density at radius 2 is 2.38 bits per heavy atom. The van der Waals surface area contributed by atoms with E-state index in [9.17, 15) is 4.39 Å². The lowest BCUT2D eigenvalue weighted by Gasteiger charge is -1.90. The normalized spacial score (nSPS) is 10.9. The molecule has 2 heterocycles. The molecule has 0 atom stereocenters. The smallest absolute Gasteiger partial charge is 0.139 e. The Balaban J connectivity index is 2.49. The van der Waals surface area contributed by atoms with Crippen LogP contribution in [0.3, 0.4) is 0 Å². The van der Waals surface area contributed by atoms with E-state index in [0.717, 1.165) is 5.69 Å². The minimum absolute atomic E-state index is 0.0619. The van der Waals surface area contributed by atoms with E-state index in [1.54, 1.807) is 16.8 Å². The molecule has 0 saturated heterocycles. The van der Waals surface area contributed by atoms with Gasteiger partial charge in [0.2, 0.25) is 0 Å². The molecular weight excluding hydrogens is 171 g/mol. The molecule has 0 spiro atoms. The van der Waals surface area contributed by atoms with Gasteiger partial charge in [0, 0.05) is 31.5 Å². The number of hydrogen-bond acceptors (Lipinski definition) is 2. The first-order valence-corrected chi connectivity index (χ1v) is 4.03. The molecular formula is C9H9FN2O. The van der Waals surface area contributed by atoms with Crippen molar-refractivity contribution in [1.82, 2.24) is 9.38 Å². The first-order valence-electron chi connectivity index (χ1n) is 4.03. The number of aliphatic hydroxyl groups excluding tert-OH is 1. The molecule has 0 radical (unpaired) electrons. The number of halogens is 1. The molecule has 0 fully saturated rings. The summed E-state index contributed by atoms with van der Waals surface area (Å²) < 4.78 is 14.5. The second-order valence-electron chi connectivity index (χ2n) is 2.82. The Kier molecular flexibility index (Phi) is 1.98. The zero-order chi connectivity index (χ0) is 9.26. The maximum atomic E-state index is 12.7. The number of hydrogen-bond donors (Lipinski definition) is 1. The number of imidazole rings is 1. The zero-order valence-electron chi connectivity index (χ0n) is 6.94. The predicted molar refractivity (Wildman–Crippen MR) is 45.9 cm³/mol. The summed E-state index contributed by atoms with van der Waals surface area (Å²) in [6.07, 6.45) is 3.90. The molecule has 0 amide bonds. The van der Waals surface area contributed by atoms with Crippen LogP contribution in [0.15, 0.2) is 24.5 Å². The third-order valence-corrected chi connectivity index (χ3v) is 1.84. The molecule has 0 aliphatic carbocycles. The second-order valence-corrected chi connectivity index (χ2v) is 2.82. The fourth-order valence-electron chi connectivity index (χ4n) is 1.24. The molecule has 0 bridgehead atoms. The summed E-state index contributed by atoms with van der Waals surface area (Å²) in [6.45, 7) is 0.0619. The van der Waals surface area contributed by atoms with Crippen LogP contribution in [0.1, 0.15) is 5.69 Å². The van der Waals surface area contributed by atoms with Crippen LogP contribution in [0, 0.1) is 5.82 Å². The molecule has 4 heteroatoms. The van der Waals surface area contributed by atoms with Gasteiger partial charge in [0.1, 0.15) is 11.5 Å². The van der Waals surface area contributed by atoms with Gasteiger partial charge in [0.05, 0.1) is 5.69 Å². The highest BCUT2D eigenvalue weighted by Gasteiger charge is 2.01. The molecule has 0 unspecified atom stereocenters. The molecule has 0 aromatic carbocycles. The van der Waals surface area contributed by atoms with Gasteiger partial charge in [0.25, 0.3) is 0 Å². The van der Waals surface area contributed by atoms with E-state index in [-0.39, 0.29) is 12.4 Å². The van der Waals surface area contributed by atoms with Crippen LogP contribution in [-0.4, -0.2) is 21.1 Å². The number of aliphatic hydroxyl groups is 1. The SMILES string of the molecule is OCCc1cn2ccc(F)cc2n1. The molecule has 2 rings (SSSR count). The predicted octanol–water partition coefficient (Wildman–Crippen LogP) is 1.01. The van der Waals surface area contributed by atoms with Gasteiger partial charge in [-0.05, 0) is 6.07 Å². The standard InChI is InChI=1S/C9H9FN2O/c10-7-1-3-12-6-8(2-4-13)11-9(12)5-7/h1,3,5-6,13H,2,4H2. The number of pyridine rings is 1. The first-order chi connectivity index (χ1) is 6.29. The minimum atomic E-state index is -0.298. The van der Waals surface area contributed by atoms with Gasteiger partial charge < -0.3 is 9.51 Å². The van der Waals surface area contributed by atoms with Crippen molar-refractivity contribution in [2.75, 3.05) is 6.61 Å². The van der Waals surface area contributed by atoms with Crippen LogP contribution in [0.25, 0.3) is 5.65 Å². The van der Waals surface area contributed by atoms with Crippen molar-refractivity contribution < 1.29 is 9.50 Å². The zero-order valence-corrected chi connectivity index (χ0v) is 6.94. The quantitative estimate of drug-likeness (QED) is 0.748. The molecule has 3 nitrogen and oxygen atoms in total. The van der Waals surface area contributed by atoms with Gasteiger partial charge >= 0.3 is 0 Å². The molecule has 68 valence electrons. The molecule has 1 N–H and O–H groups in total. The topological polar surface area (TPSA) is 37.5 Å². The van der Waals surface area contributed by atoms with Crippen molar-refractivity contribution in [3.63, 3.8) is 0 Å². The molecule has 2 aromatic rings. The summed E-state index contributed by atoms with van der Waals surface area (Å²) >= 11 is 0. The summed E-state index contributed by atoms with van der Waals surface area (Å²) in [5.41, 5.74) is 1.34. The third-order valence-electron chi connectivity index (χ3n) is 1.84. The van der Waals surface area contributed by atoms with Crippen LogP contribution < -0.4 is 0 Å². The number of nitrogens with zero attached hydrogens (tertiary/aromatic N) is 2. The average molecular weight is 180 g/mol. The summed E-state index contributed by atoms with van der Waals surface area (Å²) in [4.78, 5) is 4.13. The van der Waals surface area contributed by atoms with Crippen molar-refractivity contribution in [2.45, 2.75) is 6.42 Å². The van der Waals surface area contributed by atoms with Crippen LogP contribution in [0.2, 0.25) is 0 Å². The van der Waals surface area contributed by atoms with E-state index in [1.165, 1.54) is 12.1 Å². The van der Waals surface area contributed by atoms with E-state index < -0.39 is 0 Å². The maximum Gasteiger partial charge on any atom is 0.139 e. The Morgan fingerprint density at radius 1 is 1.54 bits per heavy atom. The number of rotatable bonds is 2. The van der Waals surface area contributed by atoms with Crippen molar-refractivity contribution in [3.8, 4) is 0 Å². The Labute approximate surface area is 74.5 Å². The van der Waals surface area contributed by atoms with E-state index in [2.05, 4.69) is 4.98 Å². The van der Waals surface area contributed by atoms with Crippen molar-refractivity contribution in [1.29, 1.82) is 0 Å². The first kappa shape index (κ1) is 8.19. The van der Waals surface area contributed by atoms with Gasteiger partial charge in [-0.3, -0.25) is 0 Å². The highest BCUT2D eigenvalue weighted by molar-refractivity contribution is 5.39. The van der Waals surface area contributed by atoms with Crippen LogP contribution in [0.4, 0.5) is 4.39 Å². The van der Waals surface area contributed by atoms with Gasteiger partial charge in [-0.15, -0.1) is 0 Å². The van der Waals surface area contributed by atoms with E-state index in [1.807, 2.05) is 0 Å². The van der Waals surface area contributed by atoms with Crippen LogP contribution >= 0.6 is 0 Å². The number of aromatic nitrogens is 2. The van der Waals surface area contributed by atoms with Crippen molar-refractivity contribution >= 4 is 5.65 Å². The largest absolute Gasteiger partial charge is 0.396 e. The summed E-state index contributed by atoms with van der Waals surface area (Å²) in [7, 11) is 0. The number of fused-ring (bicyclic) bond motifs is 1. The van der Waals surface area contributed by atoms with Gasteiger partial charge in [-0.25, -0.2) is 9.37 Å². The fraction of sp³-hybridized carbons (Fsp3) is 0.222. The van der Waals surface area contributed by atoms with Crippen LogP contribution in [-0.2, 0) is 6.42 Å². The van der Waals surface area contributed by atoms with Gasteiger partial charge in [-0.2, -0.15) is 0 Å². The Morgan fingerprint density at radius 3 is 3.15 bits per heavy atom. The summed E-state index contributed by atoms with van der Waals surface area (Å²) in [5.74, 6) is -0.298. The molecule has 0 saturated carbocycles. The Hall–Kier alpha value is -1.42. The third kappa shape index (κ3) is 1.53. The highest BCUT2D eigenvalue weighted by Crippen LogP contribution is 2.07. The van der Waals surface area contributed by atoms with E-state index in [4.69, 9.17) is 5.11 Å².